The van der Waals surface area contributed by atoms with Gasteiger partial charge in [-0.15, -0.1) is 0 Å². The van der Waals surface area contributed by atoms with Gasteiger partial charge in [0.1, 0.15) is 12.4 Å². The summed E-state index contributed by atoms with van der Waals surface area (Å²) in [6.07, 6.45) is 0.536. The maximum atomic E-state index is 13.1. The molecule has 1 rings (SSSR count). The van der Waals surface area contributed by atoms with Gasteiger partial charge in [-0.3, -0.25) is 14.4 Å². The molecule has 1 N–H and O–H groups in total. The molecule has 0 aliphatic rings. The third kappa shape index (κ3) is 5.27. The average molecular weight is 309 g/mol. The number of ketones is 1. The van der Waals surface area contributed by atoms with E-state index in [0.717, 1.165) is 6.07 Å². The van der Waals surface area contributed by atoms with E-state index in [0.29, 0.717) is 13.0 Å². The van der Waals surface area contributed by atoms with Crippen LogP contribution in [0.3, 0.4) is 0 Å². The summed E-state index contributed by atoms with van der Waals surface area (Å²) in [6, 6.07) is 5.30. The first-order valence-corrected chi connectivity index (χ1v) is 7.14. The van der Waals surface area contributed by atoms with Crippen LogP contribution in [0.25, 0.3) is 0 Å². The highest BCUT2D eigenvalue weighted by Gasteiger charge is 2.23. The van der Waals surface area contributed by atoms with Gasteiger partial charge in [-0.05, 0) is 18.6 Å². The van der Waals surface area contributed by atoms with Gasteiger partial charge in [-0.1, -0.05) is 26.0 Å². The second-order valence-corrected chi connectivity index (χ2v) is 5.19. The molecule has 0 saturated heterocycles. The third-order valence-electron chi connectivity index (χ3n) is 3.21. The number of nitrogens with zero attached hydrogens (tertiary/aromatic N) is 1. The van der Waals surface area contributed by atoms with E-state index >= 15 is 0 Å². The number of benzene rings is 1. The Morgan fingerprint density at radius 1 is 1.32 bits per heavy atom. The third-order valence-corrected chi connectivity index (χ3v) is 3.21. The average Bonchev–Trinajstić information content (AvgIpc) is 2.45. The first kappa shape index (κ1) is 17.8. The molecule has 0 radical (unpaired) electrons. The first-order valence-electron chi connectivity index (χ1n) is 7.14. The molecule has 6 heteroatoms. The van der Waals surface area contributed by atoms with Crippen molar-refractivity contribution in [3.8, 4) is 0 Å². The van der Waals surface area contributed by atoms with Gasteiger partial charge < -0.3 is 10.0 Å². The molecule has 1 amide bonds. The zero-order valence-electron chi connectivity index (χ0n) is 12.7. The number of carbonyl (C=O) groups is 3. The Morgan fingerprint density at radius 2 is 2.00 bits per heavy atom. The molecule has 1 unspecified atom stereocenters. The lowest BCUT2D eigenvalue weighted by Crippen LogP contribution is -2.37. The van der Waals surface area contributed by atoms with Crippen LogP contribution in [-0.4, -0.2) is 40.8 Å². The van der Waals surface area contributed by atoms with Gasteiger partial charge in [-0.2, -0.15) is 0 Å². The number of carboxylic acids is 1. The lowest BCUT2D eigenvalue weighted by molar-refractivity contribution is -0.144. The lowest BCUT2D eigenvalue weighted by atomic mass is 9.95. The number of aliphatic carboxylic acids is 1. The van der Waals surface area contributed by atoms with E-state index in [4.69, 9.17) is 5.11 Å². The minimum atomic E-state index is -1.09. The van der Waals surface area contributed by atoms with Crippen LogP contribution >= 0.6 is 0 Å². The van der Waals surface area contributed by atoms with Gasteiger partial charge in [-0.25, -0.2) is 4.39 Å². The van der Waals surface area contributed by atoms with Crippen LogP contribution in [-0.2, 0) is 9.59 Å². The largest absolute Gasteiger partial charge is 0.480 e. The van der Waals surface area contributed by atoms with E-state index in [1.807, 2.05) is 6.92 Å². The molecule has 0 aliphatic heterocycles. The molecule has 0 aromatic heterocycles. The highest BCUT2D eigenvalue weighted by atomic mass is 19.1. The zero-order valence-corrected chi connectivity index (χ0v) is 12.7. The number of hydrogen-bond donors (Lipinski definition) is 1. The first-order chi connectivity index (χ1) is 10.3. The van der Waals surface area contributed by atoms with Gasteiger partial charge in [0, 0.05) is 24.4 Å². The zero-order chi connectivity index (χ0) is 16.7. The van der Waals surface area contributed by atoms with E-state index in [1.165, 1.54) is 23.1 Å². The summed E-state index contributed by atoms with van der Waals surface area (Å²) in [5.41, 5.74) is 0.209. The summed E-state index contributed by atoms with van der Waals surface area (Å²) in [5, 5.41) is 8.81. The molecule has 0 spiro atoms. The maximum absolute atomic E-state index is 13.1. The van der Waals surface area contributed by atoms with Crippen molar-refractivity contribution in [1.29, 1.82) is 0 Å². The number of carboxylic acid groups (broad SMARTS) is 1. The van der Waals surface area contributed by atoms with Crippen LogP contribution in [0.5, 0.6) is 0 Å². The fourth-order valence-electron chi connectivity index (χ4n) is 2.14. The minimum absolute atomic E-state index is 0.0946. The Morgan fingerprint density at radius 3 is 2.55 bits per heavy atom. The van der Waals surface area contributed by atoms with Crippen LogP contribution < -0.4 is 0 Å². The number of carbonyl (C=O) groups excluding carboxylic acids is 2. The second-order valence-electron chi connectivity index (χ2n) is 5.19. The molecule has 0 saturated carbocycles. The molecule has 0 heterocycles. The molecule has 1 aromatic rings. The van der Waals surface area contributed by atoms with Crippen molar-refractivity contribution in [2.45, 2.75) is 26.7 Å². The van der Waals surface area contributed by atoms with Gasteiger partial charge in [0.05, 0.1) is 0 Å². The van der Waals surface area contributed by atoms with Crippen molar-refractivity contribution in [1.82, 2.24) is 4.90 Å². The predicted octanol–water partition coefficient (Wildman–Crippen LogP) is 2.36. The SMILES string of the molecule is CCCN(CC(=O)O)C(=O)CC(C)C(=O)c1cccc(F)c1. The highest BCUT2D eigenvalue weighted by molar-refractivity contribution is 5.99. The van der Waals surface area contributed by atoms with E-state index in [2.05, 4.69) is 0 Å². The minimum Gasteiger partial charge on any atom is -0.480 e. The van der Waals surface area contributed by atoms with Crippen molar-refractivity contribution in [2.24, 2.45) is 5.92 Å². The maximum Gasteiger partial charge on any atom is 0.323 e. The van der Waals surface area contributed by atoms with Crippen LogP contribution in [0.1, 0.15) is 37.0 Å². The fraction of sp³-hybridized carbons (Fsp3) is 0.438. The Kier molecular flexibility index (Phi) is 6.69. The molecule has 0 aliphatic carbocycles. The Hall–Kier alpha value is -2.24. The Bertz CT molecular complexity index is 559. The van der Waals surface area contributed by atoms with Crippen molar-refractivity contribution >= 4 is 17.7 Å². The van der Waals surface area contributed by atoms with Crippen LogP contribution in [0.15, 0.2) is 24.3 Å². The Balaban J connectivity index is 2.72. The smallest absolute Gasteiger partial charge is 0.323 e. The summed E-state index contributed by atoms with van der Waals surface area (Å²) >= 11 is 0. The van der Waals surface area contributed by atoms with Gasteiger partial charge >= 0.3 is 5.97 Å². The van der Waals surface area contributed by atoms with E-state index in [9.17, 15) is 18.8 Å². The highest BCUT2D eigenvalue weighted by Crippen LogP contribution is 2.15. The molecule has 1 atom stereocenters. The number of amides is 1. The molecule has 5 nitrogen and oxygen atoms in total. The van der Waals surface area contributed by atoms with Crippen LogP contribution in [0.4, 0.5) is 4.39 Å². The van der Waals surface area contributed by atoms with E-state index in [-0.39, 0.29) is 30.2 Å². The number of hydrogen-bond acceptors (Lipinski definition) is 3. The summed E-state index contributed by atoms with van der Waals surface area (Å²) in [6.45, 7) is 3.36. The molecule has 0 fully saturated rings. The molecule has 22 heavy (non-hydrogen) atoms. The van der Waals surface area contributed by atoms with Crippen molar-refractivity contribution in [3.05, 3.63) is 35.6 Å². The quantitative estimate of drug-likeness (QED) is 0.748. The standard InChI is InChI=1S/C16H20FNO4/c1-3-7-18(10-15(20)21)14(19)8-11(2)16(22)12-5-4-6-13(17)9-12/h4-6,9,11H,3,7-8,10H2,1-2H3,(H,20,21). The van der Waals surface area contributed by atoms with Crippen molar-refractivity contribution in [3.63, 3.8) is 0 Å². The van der Waals surface area contributed by atoms with Crippen molar-refractivity contribution in [2.75, 3.05) is 13.1 Å². The van der Waals surface area contributed by atoms with E-state index < -0.39 is 17.7 Å². The van der Waals surface area contributed by atoms with Gasteiger partial charge in [0.2, 0.25) is 5.91 Å². The Labute approximate surface area is 128 Å². The molecule has 120 valence electrons. The topological polar surface area (TPSA) is 74.7 Å². The van der Waals surface area contributed by atoms with Crippen molar-refractivity contribution < 1.29 is 23.9 Å². The van der Waals surface area contributed by atoms with Gasteiger partial charge in [0.15, 0.2) is 5.78 Å². The summed E-state index contributed by atoms with van der Waals surface area (Å²) in [4.78, 5) is 36.3. The monoisotopic (exact) mass is 309 g/mol. The van der Waals surface area contributed by atoms with E-state index in [1.54, 1.807) is 6.92 Å². The van der Waals surface area contributed by atoms with Gasteiger partial charge in [0.25, 0.3) is 0 Å². The number of rotatable bonds is 8. The molecular formula is C16H20FNO4. The number of Topliss-reactive ketones (excluding diaryl/α,β-unsaturated/α-hetero) is 1. The van der Waals surface area contributed by atoms with Crippen LogP contribution in [0, 0.1) is 11.7 Å². The molecule has 0 bridgehead atoms. The lowest BCUT2D eigenvalue weighted by Gasteiger charge is -2.21. The fourth-order valence-corrected chi connectivity index (χ4v) is 2.14. The molecule has 1 aromatic carbocycles. The second kappa shape index (κ2) is 8.26. The predicted molar refractivity (Wildman–Crippen MR) is 79.0 cm³/mol. The summed E-state index contributed by atoms with van der Waals surface area (Å²) < 4.78 is 13.1. The summed E-state index contributed by atoms with van der Waals surface area (Å²) in [5.74, 6) is -2.96. The van der Waals surface area contributed by atoms with Crippen LogP contribution in [0.2, 0.25) is 0 Å². The molecular weight excluding hydrogens is 289 g/mol. The number of halogens is 1. The normalized spacial score (nSPS) is 11.8. The summed E-state index contributed by atoms with van der Waals surface area (Å²) in [7, 11) is 0.